The van der Waals surface area contributed by atoms with Crippen LogP contribution in [-0.4, -0.2) is 45.9 Å². The van der Waals surface area contributed by atoms with E-state index < -0.39 is 0 Å². The number of hydrogen-bond acceptors (Lipinski definition) is 5. The third-order valence-electron chi connectivity index (χ3n) is 5.40. The van der Waals surface area contributed by atoms with Crippen molar-refractivity contribution < 1.29 is 9.53 Å². The molecule has 0 spiro atoms. The fourth-order valence-electron chi connectivity index (χ4n) is 3.86. The number of hydrogen-bond donors (Lipinski definition) is 1. The van der Waals surface area contributed by atoms with E-state index in [0.717, 1.165) is 29.9 Å². The molecule has 2 aromatic rings. The second-order valence-corrected chi connectivity index (χ2v) is 8.15. The number of ether oxygens (including phenoxy) is 1. The van der Waals surface area contributed by atoms with Gasteiger partial charge in [0.25, 0.3) is 5.56 Å². The summed E-state index contributed by atoms with van der Waals surface area (Å²) in [6.07, 6.45) is 1.92. The summed E-state index contributed by atoms with van der Waals surface area (Å²) < 4.78 is 8.71. The van der Waals surface area contributed by atoms with E-state index in [1.54, 1.807) is 9.47 Å². The molecule has 8 nitrogen and oxygen atoms in total. The molecule has 0 bridgehead atoms. The van der Waals surface area contributed by atoms with Crippen LogP contribution in [0.25, 0.3) is 10.2 Å². The van der Waals surface area contributed by atoms with E-state index in [1.807, 2.05) is 13.8 Å². The van der Waals surface area contributed by atoms with Gasteiger partial charge in [-0.05, 0) is 32.3 Å². The summed E-state index contributed by atoms with van der Waals surface area (Å²) in [7, 11) is 0. The Kier molecular flexibility index (Phi) is 4.81. The predicted octanol–water partition coefficient (Wildman–Crippen LogP) is 1.26. The first-order chi connectivity index (χ1) is 13.0. The zero-order chi connectivity index (χ0) is 19.1. The van der Waals surface area contributed by atoms with Gasteiger partial charge in [0.05, 0.1) is 24.6 Å². The minimum Gasteiger partial charge on any atom is -0.376 e. The first-order valence-electron chi connectivity index (χ1n) is 9.41. The van der Waals surface area contributed by atoms with Crippen molar-refractivity contribution in [1.29, 1.82) is 0 Å². The van der Waals surface area contributed by atoms with Crippen LogP contribution in [0.5, 0.6) is 0 Å². The molecule has 2 aliphatic rings. The van der Waals surface area contributed by atoms with E-state index >= 15 is 0 Å². The van der Waals surface area contributed by atoms with Gasteiger partial charge < -0.3 is 15.0 Å². The van der Waals surface area contributed by atoms with Crippen LogP contribution in [0.4, 0.5) is 4.79 Å². The monoisotopic (exact) mass is 392 g/mol. The topological polar surface area (TPSA) is 85.6 Å². The van der Waals surface area contributed by atoms with E-state index in [4.69, 9.17) is 4.74 Å². The second kappa shape index (κ2) is 7.12. The molecule has 2 aliphatic heterocycles. The number of rotatable bonds is 5. The van der Waals surface area contributed by atoms with Gasteiger partial charge in [-0.2, -0.15) is 0 Å². The Morgan fingerprint density at radius 3 is 2.70 bits per heavy atom. The van der Waals surface area contributed by atoms with Crippen LogP contribution in [0, 0.1) is 6.92 Å². The number of nitrogens with one attached hydrogen (secondary N) is 1. The lowest BCUT2D eigenvalue weighted by atomic mass is 10.2. The molecule has 9 heteroatoms. The molecule has 4 rings (SSSR count). The van der Waals surface area contributed by atoms with Gasteiger partial charge in [0.2, 0.25) is 0 Å². The molecular formula is C18H24N4O4S. The Balaban J connectivity index is 1.84. The van der Waals surface area contributed by atoms with Crippen molar-refractivity contribution in [1.82, 2.24) is 19.4 Å². The average molecular weight is 392 g/mol. The number of thiophene rings is 1. The number of aryl methyl sites for hydroxylation is 1. The van der Waals surface area contributed by atoms with Crippen LogP contribution < -0.4 is 16.6 Å². The van der Waals surface area contributed by atoms with E-state index in [9.17, 15) is 14.4 Å². The summed E-state index contributed by atoms with van der Waals surface area (Å²) in [4.78, 5) is 41.2. The number of aromatic nitrogens is 2. The number of carbonyl (C=O) groups is 1. The summed E-state index contributed by atoms with van der Waals surface area (Å²) in [5, 5.41) is 3.39. The summed E-state index contributed by atoms with van der Waals surface area (Å²) in [6.45, 7) is 6.96. The van der Waals surface area contributed by atoms with Crippen LogP contribution >= 0.6 is 11.3 Å². The summed E-state index contributed by atoms with van der Waals surface area (Å²) in [5.41, 5.74) is 0.340. The second-order valence-electron chi connectivity index (χ2n) is 7.06. The Hall–Kier alpha value is -2.13. The van der Waals surface area contributed by atoms with Crippen molar-refractivity contribution in [2.24, 2.45) is 0 Å². The Bertz CT molecular complexity index is 999. The number of urea groups is 1. The molecule has 0 saturated carbocycles. The standard InChI is InChI=1S/C18H24N4O4S/c1-3-21-15(23)14-11(2)13(10-20-7-6-19-17(20)24)27-16(14)22(18(21)25)9-12-5-4-8-26-12/h12H,3-10H2,1-2H3,(H,19,24). The van der Waals surface area contributed by atoms with Crippen molar-refractivity contribution in [2.75, 3.05) is 19.7 Å². The number of carbonyl (C=O) groups excluding carboxylic acids is 1. The van der Waals surface area contributed by atoms with E-state index in [-0.39, 0.29) is 23.4 Å². The molecule has 0 aliphatic carbocycles. The van der Waals surface area contributed by atoms with Crippen LogP contribution in [0.1, 0.15) is 30.2 Å². The number of fused-ring (bicyclic) bond motifs is 1. The van der Waals surface area contributed by atoms with Crippen molar-refractivity contribution in [2.45, 2.75) is 52.4 Å². The van der Waals surface area contributed by atoms with Crippen molar-refractivity contribution >= 4 is 27.6 Å². The molecule has 4 heterocycles. The molecule has 1 N–H and O–H groups in total. The van der Waals surface area contributed by atoms with Gasteiger partial charge in [0.1, 0.15) is 4.83 Å². The number of amides is 2. The smallest absolute Gasteiger partial charge is 0.332 e. The quantitative estimate of drug-likeness (QED) is 0.830. The maximum atomic E-state index is 12.9. The van der Waals surface area contributed by atoms with Gasteiger partial charge >= 0.3 is 11.7 Å². The largest absolute Gasteiger partial charge is 0.376 e. The maximum Gasteiger partial charge on any atom is 0.332 e. The van der Waals surface area contributed by atoms with Crippen molar-refractivity contribution in [3.63, 3.8) is 0 Å². The lowest BCUT2D eigenvalue weighted by Crippen LogP contribution is -2.40. The Labute approximate surface area is 160 Å². The molecule has 146 valence electrons. The normalized spacial score (nSPS) is 20.0. The first-order valence-corrected chi connectivity index (χ1v) is 10.2. The third kappa shape index (κ3) is 3.08. The Morgan fingerprint density at radius 2 is 2.07 bits per heavy atom. The lowest BCUT2D eigenvalue weighted by Gasteiger charge is -2.14. The molecule has 1 atom stereocenters. The third-order valence-corrected chi connectivity index (χ3v) is 6.70. The van der Waals surface area contributed by atoms with Crippen LogP contribution in [0.3, 0.4) is 0 Å². The fourth-order valence-corrected chi connectivity index (χ4v) is 5.17. The molecule has 0 radical (unpaired) electrons. The minimum atomic E-state index is -0.280. The van der Waals surface area contributed by atoms with Gasteiger partial charge in [-0.1, -0.05) is 0 Å². The molecule has 2 amide bonds. The summed E-state index contributed by atoms with van der Waals surface area (Å²) in [5.74, 6) is 0. The fraction of sp³-hybridized carbons (Fsp3) is 0.611. The zero-order valence-electron chi connectivity index (χ0n) is 15.6. The number of nitrogens with zero attached hydrogens (tertiary/aromatic N) is 3. The zero-order valence-corrected chi connectivity index (χ0v) is 16.4. The van der Waals surface area contributed by atoms with E-state index in [1.165, 1.54) is 15.9 Å². The van der Waals surface area contributed by atoms with Gasteiger partial charge in [0.15, 0.2) is 0 Å². The first kappa shape index (κ1) is 18.2. The van der Waals surface area contributed by atoms with Crippen LogP contribution in [0.2, 0.25) is 0 Å². The van der Waals surface area contributed by atoms with Crippen LogP contribution in [0.15, 0.2) is 9.59 Å². The highest BCUT2D eigenvalue weighted by Crippen LogP contribution is 2.30. The SMILES string of the molecule is CCn1c(=O)c2c(C)c(CN3CCNC3=O)sc2n(CC2CCCO2)c1=O. The summed E-state index contributed by atoms with van der Waals surface area (Å²) >= 11 is 1.44. The average Bonchev–Trinajstić information content (AvgIpc) is 3.36. The highest BCUT2D eigenvalue weighted by atomic mass is 32.1. The molecule has 27 heavy (non-hydrogen) atoms. The van der Waals surface area contributed by atoms with E-state index in [2.05, 4.69) is 5.32 Å². The molecule has 2 fully saturated rings. The van der Waals surface area contributed by atoms with E-state index in [0.29, 0.717) is 42.9 Å². The van der Waals surface area contributed by atoms with Gasteiger partial charge in [0, 0.05) is 31.1 Å². The predicted molar refractivity (Wildman–Crippen MR) is 104 cm³/mol. The van der Waals surface area contributed by atoms with Gasteiger partial charge in [-0.25, -0.2) is 9.59 Å². The van der Waals surface area contributed by atoms with Crippen LogP contribution in [-0.2, 0) is 24.4 Å². The summed E-state index contributed by atoms with van der Waals surface area (Å²) in [6, 6.07) is -0.0884. The molecule has 0 aromatic carbocycles. The lowest BCUT2D eigenvalue weighted by molar-refractivity contribution is 0.0966. The highest BCUT2D eigenvalue weighted by Gasteiger charge is 2.26. The van der Waals surface area contributed by atoms with Crippen molar-refractivity contribution in [3.05, 3.63) is 31.3 Å². The minimum absolute atomic E-state index is 0.00363. The molecule has 2 aromatic heterocycles. The molecule has 2 saturated heterocycles. The van der Waals surface area contributed by atoms with Crippen molar-refractivity contribution in [3.8, 4) is 0 Å². The molecular weight excluding hydrogens is 368 g/mol. The van der Waals surface area contributed by atoms with Gasteiger partial charge in [-0.15, -0.1) is 11.3 Å². The van der Waals surface area contributed by atoms with Gasteiger partial charge in [-0.3, -0.25) is 13.9 Å². The molecule has 1 unspecified atom stereocenters. The Morgan fingerprint density at radius 1 is 1.26 bits per heavy atom. The highest BCUT2D eigenvalue weighted by molar-refractivity contribution is 7.18. The maximum absolute atomic E-state index is 12.9.